The number of hydrogen-bond acceptors (Lipinski definition) is 4. The van der Waals surface area contributed by atoms with Crippen LogP contribution in [0.25, 0.3) is 0 Å². The number of anilines is 1. The number of ether oxygens (including phenoxy) is 1. The van der Waals surface area contributed by atoms with Gasteiger partial charge in [-0.3, -0.25) is 4.98 Å². The summed E-state index contributed by atoms with van der Waals surface area (Å²) in [5.74, 6) is 1.61. The van der Waals surface area contributed by atoms with E-state index in [1.54, 1.807) is 11.3 Å². The SMILES string of the molecule is Cc1ccc(Oc2ccc(N3C(=S)N[C@H](c4ccccn4)[C@@H]3c3cccs3)cc2)cc1. The molecule has 2 aromatic heterocycles. The van der Waals surface area contributed by atoms with Crippen molar-refractivity contribution >= 4 is 34.4 Å². The van der Waals surface area contributed by atoms with Crippen LogP contribution in [0.1, 0.15) is 28.2 Å². The lowest BCUT2D eigenvalue weighted by Crippen LogP contribution is -2.28. The van der Waals surface area contributed by atoms with Crippen LogP contribution in [0.3, 0.4) is 0 Å². The van der Waals surface area contributed by atoms with E-state index in [0.717, 1.165) is 22.9 Å². The van der Waals surface area contributed by atoms with Crippen molar-refractivity contribution < 1.29 is 4.74 Å². The second kappa shape index (κ2) is 8.49. The zero-order valence-electron chi connectivity index (χ0n) is 16.9. The van der Waals surface area contributed by atoms with Gasteiger partial charge in [0.2, 0.25) is 0 Å². The maximum Gasteiger partial charge on any atom is 0.174 e. The average molecular weight is 444 g/mol. The molecule has 0 aliphatic carbocycles. The number of thiocarbonyl (C=S) groups is 1. The zero-order chi connectivity index (χ0) is 21.2. The van der Waals surface area contributed by atoms with Crippen LogP contribution in [0.4, 0.5) is 5.69 Å². The van der Waals surface area contributed by atoms with Gasteiger partial charge in [-0.15, -0.1) is 11.3 Å². The first kappa shape index (κ1) is 19.7. The Hall–Kier alpha value is -3.22. The molecule has 3 heterocycles. The maximum absolute atomic E-state index is 5.99. The van der Waals surface area contributed by atoms with Crippen molar-refractivity contribution in [3.05, 3.63) is 107 Å². The van der Waals surface area contributed by atoms with Crippen molar-refractivity contribution in [3.63, 3.8) is 0 Å². The fraction of sp³-hybridized carbons (Fsp3) is 0.120. The molecule has 2 atom stereocenters. The van der Waals surface area contributed by atoms with Gasteiger partial charge in [-0.1, -0.05) is 29.8 Å². The largest absolute Gasteiger partial charge is 0.457 e. The summed E-state index contributed by atoms with van der Waals surface area (Å²) in [7, 11) is 0. The third-order valence-corrected chi connectivity index (χ3v) is 6.56. The Bertz CT molecular complexity index is 1160. The molecule has 0 saturated carbocycles. The summed E-state index contributed by atoms with van der Waals surface area (Å²) in [6.07, 6.45) is 1.82. The molecule has 1 N–H and O–H groups in total. The molecule has 1 aliphatic heterocycles. The number of hydrogen-bond donors (Lipinski definition) is 1. The summed E-state index contributed by atoms with van der Waals surface area (Å²) >= 11 is 7.49. The number of thiophene rings is 1. The smallest absolute Gasteiger partial charge is 0.174 e. The quantitative estimate of drug-likeness (QED) is 0.360. The molecule has 4 nitrogen and oxygen atoms in total. The molecule has 154 valence electrons. The van der Waals surface area contributed by atoms with E-state index < -0.39 is 0 Å². The molecule has 0 spiro atoms. The molecule has 31 heavy (non-hydrogen) atoms. The van der Waals surface area contributed by atoms with Gasteiger partial charge < -0.3 is 15.0 Å². The van der Waals surface area contributed by atoms with Crippen molar-refractivity contribution in [1.29, 1.82) is 0 Å². The first-order valence-electron chi connectivity index (χ1n) is 10.1. The minimum atomic E-state index is -0.0177. The van der Waals surface area contributed by atoms with E-state index in [4.69, 9.17) is 17.0 Å². The molecule has 2 aromatic carbocycles. The van der Waals surface area contributed by atoms with Crippen LogP contribution < -0.4 is 15.0 Å². The van der Waals surface area contributed by atoms with Gasteiger partial charge in [0.25, 0.3) is 0 Å². The van der Waals surface area contributed by atoms with Crippen molar-refractivity contribution in [2.24, 2.45) is 0 Å². The fourth-order valence-corrected chi connectivity index (χ4v) is 5.00. The van der Waals surface area contributed by atoms with Gasteiger partial charge in [0, 0.05) is 16.8 Å². The van der Waals surface area contributed by atoms with Crippen LogP contribution >= 0.6 is 23.6 Å². The highest BCUT2D eigenvalue weighted by Gasteiger charge is 2.41. The normalized spacial score (nSPS) is 18.1. The average Bonchev–Trinajstić information content (AvgIpc) is 3.44. The zero-order valence-corrected chi connectivity index (χ0v) is 18.6. The number of nitrogens with zero attached hydrogens (tertiary/aromatic N) is 2. The minimum absolute atomic E-state index is 0.0177. The van der Waals surface area contributed by atoms with E-state index in [1.807, 2.05) is 60.8 Å². The number of benzene rings is 2. The third kappa shape index (κ3) is 4.04. The Labute approximate surface area is 191 Å². The first-order valence-corrected chi connectivity index (χ1v) is 11.4. The lowest BCUT2D eigenvalue weighted by atomic mass is 10.0. The Morgan fingerprint density at radius 2 is 1.68 bits per heavy atom. The summed E-state index contributed by atoms with van der Waals surface area (Å²) in [6.45, 7) is 2.06. The van der Waals surface area contributed by atoms with Crippen LogP contribution in [-0.4, -0.2) is 10.1 Å². The van der Waals surface area contributed by atoms with Gasteiger partial charge in [0.05, 0.1) is 17.8 Å². The Kier molecular flexibility index (Phi) is 5.40. The molecule has 4 aromatic rings. The highest BCUT2D eigenvalue weighted by Crippen LogP contribution is 2.43. The molecule has 1 fully saturated rings. The summed E-state index contributed by atoms with van der Waals surface area (Å²) in [5.41, 5.74) is 3.20. The topological polar surface area (TPSA) is 37.4 Å². The van der Waals surface area contributed by atoms with Crippen molar-refractivity contribution in [1.82, 2.24) is 10.3 Å². The number of pyridine rings is 1. The molecule has 1 aliphatic rings. The molecule has 6 heteroatoms. The van der Waals surface area contributed by atoms with Crippen LogP contribution in [0.5, 0.6) is 11.5 Å². The molecule has 0 radical (unpaired) electrons. The van der Waals surface area contributed by atoms with E-state index in [1.165, 1.54) is 10.4 Å². The number of nitrogens with one attached hydrogen (secondary N) is 1. The second-order valence-electron chi connectivity index (χ2n) is 7.42. The van der Waals surface area contributed by atoms with Crippen LogP contribution in [0.15, 0.2) is 90.4 Å². The Balaban J connectivity index is 1.45. The van der Waals surface area contributed by atoms with Crippen LogP contribution in [0, 0.1) is 6.92 Å². The first-order chi connectivity index (χ1) is 15.2. The predicted molar refractivity (Wildman–Crippen MR) is 130 cm³/mol. The van der Waals surface area contributed by atoms with Crippen LogP contribution in [0.2, 0.25) is 0 Å². The molecule has 5 rings (SSSR count). The number of rotatable bonds is 5. The highest BCUT2D eigenvalue weighted by atomic mass is 32.1. The summed E-state index contributed by atoms with van der Waals surface area (Å²) in [4.78, 5) is 8.00. The fourth-order valence-electron chi connectivity index (χ4n) is 3.80. The summed E-state index contributed by atoms with van der Waals surface area (Å²) in [6, 6.07) is 26.4. The predicted octanol–water partition coefficient (Wildman–Crippen LogP) is 6.42. The molecule has 0 amide bonds. The molecular formula is C25H21N3OS2. The van der Waals surface area contributed by atoms with Gasteiger partial charge >= 0.3 is 0 Å². The summed E-state index contributed by atoms with van der Waals surface area (Å²) in [5, 5.41) is 6.28. The standard InChI is InChI=1S/C25H21N3OS2/c1-17-7-11-19(12-8-17)29-20-13-9-18(10-14-20)28-24(22-6-4-16-31-22)23(27-25(28)30)21-5-2-3-15-26-21/h2-16,23-24H,1H3,(H,27,30)/t23-,24+/m1/s1. The van der Waals surface area contributed by atoms with Gasteiger partial charge in [0.1, 0.15) is 11.5 Å². The van der Waals surface area contributed by atoms with E-state index in [0.29, 0.717) is 5.11 Å². The third-order valence-electron chi connectivity index (χ3n) is 5.30. The van der Waals surface area contributed by atoms with Gasteiger partial charge in [-0.05, 0) is 79.1 Å². The van der Waals surface area contributed by atoms with Crippen molar-refractivity contribution in [3.8, 4) is 11.5 Å². The molecule has 1 saturated heterocycles. The maximum atomic E-state index is 5.99. The lowest BCUT2D eigenvalue weighted by molar-refractivity contribution is 0.482. The second-order valence-corrected chi connectivity index (χ2v) is 8.79. The van der Waals surface area contributed by atoms with E-state index in [9.17, 15) is 0 Å². The van der Waals surface area contributed by atoms with Gasteiger partial charge in [-0.2, -0.15) is 0 Å². The van der Waals surface area contributed by atoms with E-state index in [-0.39, 0.29) is 12.1 Å². The molecular weight excluding hydrogens is 422 g/mol. The summed E-state index contributed by atoms with van der Waals surface area (Å²) < 4.78 is 5.99. The molecule has 0 bridgehead atoms. The van der Waals surface area contributed by atoms with E-state index in [2.05, 4.69) is 51.8 Å². The molecule has 0 unspecified atom stereocenters. The number of aromatic nitrogens is 1. The Morgan fingerprint density at radius 1 is 0.935 bits per heavy atom. The van der Waals surface area contributed by atoms with Crippen molar-refractivity contribution in [2.75, 3.05) is 4.90 Å². The number of aryl methyl sites for hydroxylation is 1. The minimum Gasteiger partial charge on any atom is -0.457 e. The van der Waals surface area contributed by atoms with Crippen LogP contribution in [-0.2, 0) is 0 Å². The van der Waals surface area contributed by atoms with Gasteiger partial charge in [0.15, 0.2) is 5.11 Å². The Morgan fingerprint density at radius 3 is 2.32 bits per heavy atom. The van der Waals surface area contributed by atoms with Gasteiger partial charge in [-0.25, -0.2) is 0 Å². The highest BCUT2D eigenvalue weighted by molar-refractivity contribution is 7.80. The lowest BCUT2D eigenvalue weighted by Gasteiger charge is -2.27. The van der Waals surface area contributed by atoms with E-state index >= 15 is 0 Å². The van der Waals surface area contributed by atoms with Crippen molar-refractivity contribution in [2.45, 2.75) is 19.0 Å². The monoisotopic (exact) mass is 443 g/mol.